The molecule has 2 atom stereocenters. The minimum absolute atomic E-state index is 0.0265. The maximum Gasteiger partial charge on any atom is 0.306 e. The van der Waals surface area contributed by atoms with Gasteiger partial charge in [0, 0.05) is 12.8 Å². The van der Waals surface area contributed by atoms with Gasteiger partial charge in [-0.2, -0.15) is 0 Å². The van der Waals surface area contributed by atoms with Gasteiger partial charge in [0.1, 0.15) is 19.8 Å². The first kappa shape index (κ1) is 77.8. The number of carbonyl (C=O) groups is 2. The molecule has 10 heteroatoms. The molecule has 0 heterocycles. The molecule has 0 aromatic heterocycles. The summed E-state index contributed by atoms with van der Waals surface area (Å²) < 4.78 is 34.3. The lowest BCUT2D eigenvalue weighted by Gasteiger charge is -2.28. The molecule has 0 saturated heterocycles. The van der Waals surface area contributed by atoms with E-state index in [1.807, 2.05) is 21.1 Å². The molecule has 0 N–H and O–H groups in total. The van der Waals surface area contributed by atoms with Crippen LogP contribution in [0.4, 0.5) is 0 Å². The van der Waals surface area contributed by atoms with Gasteiger partial charge in [0.2, 0.25) is 0 Å². The Bertz CT molecular complexity index is 1340. The van der Waals surface area contributed by atoms with Crippen molar-refractivity contribution in [2.24, 2.45) is 0 Å². The molecule has 0 bridgehead atoms. The van der Waals surface area contributed by atoms with E-state index >= 15 is 0 Å². The Morgan fingerprint density at radius 2 is 0.646 bits per heavy atom. The number of quaternary nitrogens is 1. The summed E-state index contributed by atoms with van der Waals surface area (Å²) in [5.74, 6) is -0.809. The first-order valence-electron chi connectivity index (χ1n) is 34.9. The van der Waals surface area contributed by atoms with Crippen LogP contribution in [0, 0.1) is 0 Å². The SMILES string of the molecule is CCCCCCCCCC/C=C\CCCCCCCCCCCCCCCC(=O)OC(COC(=O)CCCCCCCCCCCCCCCCCCCCCCCCCCCCCCCC)COP(=O)([O-])OCC[N+](C)(C)C. The van der Waals surface area contributed by atoms with Gasteiger partial charge in [0.05, 0.1) is 27.7 Å². The van der Waals surface area contributed by atoms with E-state index < -0.39 is 26.5 Å². The lowest BCUT2D eigenvalue weighted by Crippen LogP contribution is -2.37. The van der Waals surface area contributed by atoms with Crippen molar-refractivity contribution in [2.45, 2.75) is 373 Å². The average molecular weight is 1140 g/mol. The van der Waals surface area contributed by atoms with Crippen LogP contribution < -0.4 is 4.89 Å². The summed E-state index contributed by atoms with van der Waals surface area (Å²) in [5.41, 5.74) is 0. The van der Waals surface area contributed by atoms with Crippen molar-refractivity contribution in [2.75, 3.05) is 47.5 Å². The summed E-state index contributed by atoms with van der Waals surface area (Å²) in [5, 5.41) is 0. The molecule has 470 valence electrons. The molecule has 2 unspecified atom stereocenters. The maximum atomic E-state index is 12.8. The smallest absolute Gasteiger partial charge is 0.306 e. The molecule has 0 aliphatic heterocycles. The largest absolute Gasteiger partial charge is 0.756 e. The second-order valence-corrected chi connectivity index (χ2v) is 26.7. The number of esters is 2. The number of unbranched alkanes of at least 4 members (excludes halogenated alkanes) is 50. The van der Waals surface area contributed by atoms with Crippen molar-refractivity contribution in [3.63, 3.8) is 0 Å². The predicted octanol–water partition coefficient (Wildman–Crippen LogP) is 21.7. The zero-order valence-electron chi connectivity index (χ0n) is 53.6. The van der Waals surface area contributed by atoms with Gasteiger partial charge < -0.3 is 27.9 Å². The molecule has 0 spiro atoms. The summed E-state index contributed by atoms with van der Waals surface area (Å²) in [4.78, 5) is 38.0. The number of phosphoric acid groups is 1. The second-order valence-electron chi connectivity index (χ2n) is 25.3. The average Bonchev–Trinajstić information content (AvgIpc) is 3.41. The number of likely N-dealkylation sites (N-methyl/N-ethyl adjacent to an activating group) is 1. The first-order chi connectivity index (χ1) is 38.5. The number of ether oxygens (including phenoxy) is 2. The van der Waals surface area contributed by atoms with Crippen molar-refractivity contribution >= 4 is 19.8 Å². The molecule has 0 aromatic rings. The third kappa shape index (κ3) is 65.8. The summed E-state index contributed by atoms with van der Waals surface area (Å²) in [6.07, 6.45) is 74.4. The Kier molecular flexibility index (Phi) is 60.3. The van der Waals surface area contributed by atoms with Crippen LogP contribution in [0.25, 0.3) is 0 Å². The molecule has 79 heavy (non-hydrogen) atoms. The van der Waals surface area contributed by atoms with Gasteiger partial charge in [-0.3, -0.25) is 14.2 Å². The van der Waals surface area contributed by atoms with Gasteiger partial charge >= 0.3 is 11.9 Å². The van der Waals surface area contributed by atoms with E-state index in [9.17, 15) is 19.0 Å². The van der Waals surface area contributed by atoms with Crippen LogP contribution in [0.3, 0.4) is 0 Å². The fourth-order valence-corrected chi connectivity index (χ4v) is 11.4. The summed E-state index contributed by atoms with van der Waals surface area (Å²) in [6.45, 7) is 4.32. The van der Waals surface area contributed by atoms with E-state index in [-0.39, 0.29) is 32.0 Å². The Morgan fingerprint density at radius 3 is 0.937 bits per heavy atom. The van der Waals surface area contributed by atoms with Crippen LogP contribution in [0.2, 0.25) is 0 Å². The second kappa shape index (κ2) is 61.3. The van der Waals surface area contributed by atoms with E-state index in [1.165, 1.54) is 302 Å². The third-order valence-corrected chi connectivity index (χ3v) is 17.0. The molecule has 0 rings (SSSR count). The molecule has 0 saturated carbocycles. The highest BCUT2D eigenvalue weighted by atomic mass is 31.2. The van der Waals surface area contributed by atoms with Crippen LogP contribution in [-0.2, 0) is 32.7 Å². The van der Waals surface area contributed by atoms with E-state index in [4.69, 9.17) is 18.5 Å². The molecular formula is C69H136NO8P. The molecule has 0 aliphatic rings. The molecule has 0 fully saturated rings. The Labute approximate surface area is 492 Å². The van der Waals surface area contributed by atoms with Gasteiger partial charge in [0.25, 0.3) is 7.82 Å². The maximum absolute atomic E-state index is 12.8. The van der Waals surface area contributed by atoms with Gasteiger partial charge in [-0.15, -0.1) is 0 Å². The van der Waals surface area contributed by atoms with Crippen LogP contribution in [0.1, 0.15) is 367 Å². The van der Waals surface area contributed by atoms with Crippen LogP contribution in [-0.4, -0.2) is 70.0 Å². The van der Waals surface area contributed by atoms with Crippen molar-refractivity contribution in [3.05, 3.63) is 12.2 Å². The highest BCUT2D eigenvalue weighted by Crippen LogP contribution is 2.38. The first-order valence-corrected chi connectivity index (χ1v) is 36.4. The van der Waals surface area contributed by atoms with Crippen molar-refractivity contribution < 1.29 is 42.1 Å². The summed E-state index contributed by atoms with van der Waals surface area (Å²) in [7, 11) is 1.19. The topological polar surface area (TPSA) is 111 Å². The van der Waals surface area contributed by atoms with E-state index in [0.29, 0.717) is 17.4 Å². The lowest BCUT2D eigenvalue weighted by atomic mass is 10.0. The molecule has 9 nitrogen and oxygen atoms in total. The predicted molar refractivity (Wildman–Crippen MR) is 338 cm³/mol. The number of hydrogen-bond acceptors (Lipinski definition) is 8. The van der Waals surface area contributed by atoms with Crippen molar-refractivity contribution in [3.8, 4) is 0 Å². The zero-order chi connectivity index (χ0) is 57.7. The van der Waals surface area contributed by atoms with E-state index in [2.05, 4.69) is 26.0 Å². The minimum atomic E-state index is -4.64. The highest BCUT2D eigenvalue weighted by molar-refractivity contribution is 7.45. The fourth-order valence-electron chi connectivity index (χ4n) is 10.7. The highest BCUT2D eigenvalue weighted by Gasteiger charge is 2.22. The van der Waals surface area contributed by atoms with Crippen LogP contribution in [0.5, 0.6) is 0 Å². The molecule has 0 amide bonds. The molecule has 0 aliphatic carbocycles. The fraction of sp³-hybridized carbons (Fsp3) is 0.942. The summed E-state index contributed by atoms with van der Waals surface area (Å²) in [6, 6.07) is 0. The standard InChI is InChI=1S/C69H136NO8P/c1-6-8-10-12-14-16-18-20-22-24-26-28-30-32-33-34-35-36-38-39-41-43-45-47-49-51-53-55-57-59-61-68(71)75-65-67(66-77-79(73,74)76-64-63-70(3,4)5)78-69(72)62-60-58-56-54-52-50-48-46-44-42-40-37-31-29-27-25-23-21-19-17-15-13-11-9-7-2/h25,27,67H,6-24,26,28-66H2,1-5H3/b27-25-. The van der Waals surface area contributed by atoms with Gasteiger partial charge in [-0.05, 0) is 38.5 Å². The minimum Gasteiger partial charge on any atom is -0.756 e. The normalized spacial score (nSPS) is 13.1. The van der Waals surface area contributed by atoms with E-state index in [1.54, 1.807) is 0 Å². The van der Waals surface area contributed by atoms with Crippen LogP contribution in [0.15, 0.2) is 12.2 Å². The number of nitrogens with zero attached hydrogens (tertiary/aromatic N) is 1. The number of hydrogen-bond donors (Lipinski definition) is 0. The van der Waals surface area contributed by atoms with Gasteiger partial charge in [0.15, 0.2) is 6.10 Å². The monoisotopic (exact) mass is 1140 g/mol. The number of phosphoric ester groups is 1. The lowest BCUT2D eigenvalue weighted by molar-refractivity contribution is -0.870. The van der Waals surface area contributed by atoms with Crippen molar-refractivity contribution in [1.82, 2.24) is 0 Å². The number of rotatable bonds is 66. The number of allylic oxidation sites excluding steroid dienone is 2. The Balaban J connectivity index is 3.98. The zero-order valence-corrected chi connectivity index (χ0v) is 54.5. The van der Waals surface area contributed by atoms with Crippen LogP contribution >= 0.6 is 7.82 Å². The molecule has 0 radical (unpaired) electrons. The van der Waals surface area contributed by atoms with E-state index in [0.717, 1.165) is 32.1 Å². The molecule has 0 aromatic carbocycles. The summed E-state index contributed by atoms with van der Waals surface area (Å²) >= 11 is 0. The third-order valence-electron chi connectivity index (χ3n) is 16.0. The van der Waals surface area contributed by atoms with Crippen molar-refractivity contribution in [1.29, 1.82) is 0 Å². The quantitative estimate of drug-likeness (QED) is 0.0195. The Morgan fingerprint density at radius 1 is 0.380 bits per heavy atom. The van der Waals surface area contributed by atoms with Gasteiger partial charge in [-0.1, -0.05) is 328 Å². The van der Waals surface area contributed by atoms with Gasteiger partial charge in [-0.25, -0.2) is 0 Å². The molecular weight excluding hydrogens is 1000 g/mol. The Hall–Kier alpha value is -1.25. The number of carbonyl (C=O) groups excluding carboxylic acids is 2.